The van der Waals surface area contributed by atoms with Crippen LogP contribution in [0.25, 0.3) is 10.8 Å². The van der Waals surface area contributed by atoms with Gasteiger partial charge in [-0.15, -0.1) is 0 Å². The normalized spacial score (nSPS) is 18.7. The van der Waals surface area contributed by atoms with E-state index in [4.69, 9.17) is 4.74 Å². The Morgan fingerprint density at radius 3 is 2.56 bits per heavy atom. The van der Waals surface area contributed by atoms with Gasteiger partial charge in [-0.05, 0) is 37.4 Å². The second kappa shape index (κ2) is 6.43. The molecule has 0 aliphatic carbocycles. The molecule has 0 fully saturated rings. The molecule has 0 aromatic heterocycles. The fourth-order valence-electron chi connectivity index (χ4n) is 3.43. The van der Waals surface area contributed by atoms with E-state index >= 15 is 0 Å². The Bertz CT molecular complexity index is 1040. The van der Waals surface area contributed by atoms with Crippen LogP contribution in [0, 0.1) is 0 Å². The first-order chi connectivity index (χ1) is 13.0. The van der Waals surface area contributed by atoms with Gasteiger partial charge in [0.25, 0.3) is 17.4 Å². The number of para-hydroxylation sites is 2. The second-order valence-corrected chi connectivity index (χ2v) is 6.63. The third kappa shape index (κ3) is 2.72. The number of rotatable bonds is 3. The van der Waals surface area contributed by atoms with E-state index in [9.17, 15) is 9.59 Å². The highest BCUT2D eigenvalue weighted by Gasteiger charge is 2.50. The third-order valence-corrected chi connectivity index (χ3v) is 4.91. The quantitative estimate of drug-likeness (QED) is 0.719. The van der Waals surface area contributed by atoms with Crippen LogP contribution in [0.1, 0.15) is 13.8 Å². The van der Waals surface area contributed by atoms with Gasteiger partial charge in [0.1, 0.15) is 5.75 Å². The monoisotopic (exact) mass is 360 g/mol. The Kier molecular flexibility index (Phi) is 4.07. The molecular weight excluding hydrogens is 340 g/mol. The number of anilines is 2. The molecule has 2 amide bonds. The van der Waals surface area contributed by atoms with Crippen LogP contribution >= 0.6 is 0 Å². The summed E-state index contributed by atoms with van der Waals surface area (Å²) in [6, 6.07) is 20.7. The average molecular weight is 360 g/mol. The lowest BCUT2D eigenvalue weighted by atomic mass is 9.99. The largest absolute Gasteiger partial charge is 0.465 e. The molecule has 0 saturated carbocycles. The van der Waals surface area contributed by atoms with Crippen LogP contribution in [0.4, 0.5) is 11.4 Å². The lowest BCUT2D eigenvalue weighted by Crippen LogP contribution is -2.60. The van der Waals surface area contributed by atoms with Crippen molar-refractivity contribution in [1.29, 1.82) is 0 Å². The van der Waals surface area contributed by atoms with Crippen LogP contribution in [0.3, 0.4) is 0 Å². The second-order valence-electron chi connectivity index (χ2n) is 6.63. The van der Waals surface area contributed by atoms with Crippen molar-refractivity contribution in [2.24, 2.45) is 0 Å². The summed E-state index contributed by atoms with van der Waals surface area (Å²) < 4.78 is 5.91. The van der Waals surface area contributed by atoms with Crippen molar-refractivity contribution < 1.29 is 14.3 Å². The van der Waals surface area contributed by atoms with Gasteiger partial charge < -0.3 is 15.0 Å². The average Bonchev–Trinajstić information content (AvgIpc) is 2.69. The highest BCUT2D eigenvalue weighted by Crippen LogP contribution is 2.38. The number of carbonyl (C=O) groups excluding carboxylic acids is 2. The van der Waals surface area contributed by atoms with Crippen molar-refractivity contribution in [3.05, 3.63) is 66.7 Å². The summed E-state index contributed by atoms with van der Waals surface area (Å²) in [4.78, 5) is 27.8. The minimum atomic E-state index is -1.64. The van der Waals surface area contributed by atoms with E-state index in [1.165, 1.54) is 6.92 Å². The minimum Gasteiger partial charge on any atom is -0.465 e. The van der Waals surface area contributed by atoms with Crippen molar-refractivity contribution in [3.8, 4) is 5.75 Å². The molecule has 5 nitrogen and oxygen atoms in total. The molecule has 1 aliphatic heterocycles. The Balaban J connectivity index is 1.71. The molecule has 0 bridgehead atoms. The number of carbonyl (C=O) groups is 2. The molecule has 0 radical (unpaired) electrons. The van der Waals surface area contributed by atoms with E-state index in [1.807, 2.05) is 67.6 Å². The van der Waals surface area contributed by atoms with E-state index in [-0.39, 0.29) is 5.91 Å². The Labute approximate surface area is 157 Å². The van der Waals surface area contributed by atoms with Gasteiger partial charge >= 0.3 is 0 Å². The zero-order chi connectivity index (χ0) is 19.0. The number of nitrogens with zero attached hydrogens (tertiary/aromatic N) is 1. The number of hydrogen-bond acceptors (Lipinski definition) is 3. The van der Waals surface area contributed by atoms with Crippen molar-refractivity contribution in [2.75, 3.05) is 16.8 Å². The smallest absolute Gasteiger partial charge is 0.280 e. The minimum absolute atomic E-state index is 0.374. The zero-order valence-electron chi connectivity index (χ0n) is 15.2. The van der Waals surface area contributed by atoms with Crippen LogP contribution in [0.15, 0.2) is 66.7 Å². The third-order valence-electron chi connectivity index (χ3n) is 4.91. The van der Waals surface area contributed by atoms with Crippen LogP contribution in [0.2, 0.25) is 0 Å². The van der Waals surface area contributed by atoms with Gasteiger partial charge in [0.2, 0.25) is 0 Å². The molecular formula is C22H20N2O3. The molecule has 1 aliphatic rings. The van der Waals surface area contributed by atoms with Crippen LogP contribution < -0.4 is 15.0 Å². The summed E-state index contributed by atoms with van der Waals surface area (Å²) in [5, 5.41) is 4.81. The van der Waals surface area contributed by atoms with Crippen molar-refractivity contribution in [1.82, 2.24) is 0 Å². The van der Waals surface area contributed by atoms with Gasteiger partial charge in [-0.3, -0.25) is 9.59 Å². The Morgan fingerprint density at radius 1 is 1.04 bits per heavy atom. The number of benzene rings is 3. The maximum absolute atomic E-state index is 13.1. The number of nitrogens with one attached hydrogen (secondary N) is 1. The highest BCUT2D eigenvalue weighted by atomic mass is 16.5. The molecule has 5 heteroatoms. The lowest BCUT2D eigenvalue weighted by molar-refractivity contribution is -0.145. The van der Waals surface area contributed by atoms with Gasteiger partial charge in [-0.25, -0.2) is 0 Å². The first kappa shape index (κ1) is 17.1. The molecule has 1 atom stereocenters. The summed E-state index contributed by atoms with van der Waals surface area (Å²) >= 11 is 0. The molecule has 0 spiro atoms. The SMILES string of the molecule is CCN1C(=O)C(C)(C(=O)Nc2cccc3ccccc23)Oc2ccccc21. The van der Waals surface area contributed by atoms with Gasteiger partial charge in [-0.2, -0.15) is 0 Å². The summed E-state index contributed by atoms with van der Waals surface area (Å²) in [5.41, 5.74) is -0.306. The maximum atomic E-state index is 13.1. The van der Waals surface area contributed by atoms with E-state index in [2.05, 4.69) is 5.32 Å². The van der Waals surface area contributed by atoms with Gasteiger partial charge in [0, 0.05) is 17.6 Å². The molecule has 0 saturated heterocycles. The fraction of sp³-hybridized carbons (Fsp3) is 0.182. The van der Waals surface area contributed by atoms with Crippen LogP contribution in [-0.4, -0.2) is 24.0 Å². The predicted molar refractivity (Wildman–Crippen MR) is 106 cm³/mol. The molecule has 1 unspecified atom stereocenters. The zero-order valence-corrected chi connectivity index (χ0v) is 15.2. The molecule has 3 aromatic carbocycles. The fourth-order valence-corrected chi connectivity index (χ4v) is 3.43. The molecule has 4 rings (SSSR count). The van der Waals surface area contributed by atoms with E-state index in [1.54, 1.807) is 11.0 Å². The van der Waals surface area contributed by atoms with Gasteiger partial charge in [0.15, 0.2) is 0 Å². The van der Waals surface area contributed by atoms with E-state index < -0.39 is 11.5 Å². The van der Waals surface area contributed by atoms with E-state index in [0.717, 1.165) is 10.8 Å². The Morgan fingerprint density at radius 2 is 1.74 bits per heavy atom. The van der Waals surface area contributed by atoms with Crippen molar-refractivity contribution >= 4 is 34.0 Å². The molecule has 136 valence electrons. The molecule has 27 heavy (non-hydrogen) atoms. The Hall–Kier alpha value is -3.34. The number of amides is 2. The number of fused-ring (bicyclic) bond motifs is 2. The number of ether oxygens (including phenoxy) is 1. The molecule has 3 aromatic rings. The predicted octanol–water partition coefficient (Wildman–Crippen LogP) is 3.98. The van der Waals surface area contributed by atoms with Crippen LogP contribution in [-0.2, 0) is 9.59 Å². The van der Waals surface area contributed by atoms with Gasteiger partial charge in [0.05, 0.1) is 5.69 Å². The van der Waals surface area contributed by atoms with E-state index in [0.29, 0.717) is 23.7 Å². The van der Waals surface area contributed by atoms with Crippen LogP contribution in [0.5, 0.6) is 5.75 Å². The van der Waals surface area contributed by atoms with Crippen molar-refractivity contribution in [2.45, 2.75) is 19.4 Å². The molecule has 1 heterocycles. The first-order valence-electron chi connectivity index (χ1n) is 8.94. The number of likely N-dealkylation sites (N-methyl/N-ethyl adjacent to an activating group) is 1. The topological polar surface area (TPSA) is 58.6 Å². The maximum Gasteiger partial charge on any atom is 0.280 e. The first-order valence-corrected chi connectivity index (χ1v) is 8.94. The summed E-state index contributed by atoms with van der Waals surface area (Å²) in [7, 11) is 0. The lowest BCUT2D eigenvalue weighted by Gasteiger charge is -2.39. The number of hydrogen-bond donors (Lipinski definition) is 1. The summed E-state index contributed by atoms with van der Waals surface area (Å²) in [6.45, 7) is 3.85. The summed E-state index contributed by atoms with van der Waals surface area (Å²) in [6.07, 6.45) is 0. The summed E-state index contributed by atoms with van der Waals surface area (Å²) in [5.74, 6) is -0.340. The highest BCUT2D eigenvalue weighted by molar-refractivity contribution is 6.20. The molecule has 1 N–H and O–H groups in total. The standard InChI is InChI=1S/C22H20N2O3/c1-3-24-18-13-6-7-14-19(18)27-22(2,21(24)26)20(25)23-17-12-8-10-15-9-4-5-11-16(15)17/h4-14H,3H2,1-2H3,(H,23,25). The van der Waals surface area contributed by atoms with Gasteiger partial charge in [-0.1, -0.05) is 48.5 Å². The van der Waals surface area contributed by atoms with Crippen molar-refractivity contribution in [3.63, 3.8) is 0 Å².